The average molecular weight is 374 g/mol. The molecule has 4 nitrogen and oxygen atoms in total. The number of halogens is 2. The Hall–Kier alpha value is -0.560. The first-order valence-electron chi connectivity index (χ1n) is 10.2. The lowest BCUT2D eigenvalue weighted by molar-refractivity contribution is -0.196. The van der Waals surface area contributed by atoms with Crippen molar-refractivity contribution in [2.75, 3.05) is 6.61 Å². The molecule has 0 amide bonds. The predicted octanol–water partition coefficient (Wildman–Crippen LogP) is 4.41. The van der Waals surface area contributed by atoms with Crippen molar-refractivity contribution in [3.8, 4) is 0 Å². The maximum absolute atomic E-state index is 14.2. The molecule has 0 aromatic carbocycles. The van der Waals surface area contributed by atoms with Crippen molar-refractivity contribution in [2.45, 2.75) is 95.4 Å². The van der Waals surface area contributed by atoms with Gasteiger partial charge >= 0.3 is 0 Å². The monoisotopic (exact) mass is 374 g/mol. The Morgan fingerprint density at radius 1 is 1.23 bits per heavy atom. The number of aliphatic hydroxyl groups is 1. The van der Waals surface area contributed by atoms with Crippen LogP contribution in [-0.4, -0.2) is 42.4 Å². The normalized spacial score (nSPS) is 38.2. The van der Waals surface area contributed by atoms with E-state index in [-0.39, 0.29) is 36.8 Å². The molecular formula is C20H32F2O4. The van der Waals surface area contributed by atoms with E-state index in [1.54, 1.807) is 6.08 Å². The fourth-order valence-corrected chi connectivity index (χ4v) is 4.41. The van der Waals surface area contributed by atoms with Crippen LogP contribution in [0.2, 0.25) is 0 Å². The zero-order chi connectivity index (χ0) is 18.6. The van der Waals surface area contributed by atoms with E-state index in [0.717, 1.165) is 38.2 Å². The van der Waals surface area contributed by atoms with E-state index in [0.29, 0.717) is 25.9 Å². The highest BCUT2D eigenvalue weighted by Crippen LogP contribution is 2.45. The van der Waals surface area contributed by atoms with E-state index < -0.39 is 12.2 Å². The second-order valence-corrected chi connectivity index (χ2v) is 7.89. The molecule has 26 heavy (non-hydrogen) atoms. The smallest absolute Gasteiger partial charge is 0.266 e. The van der Waals surface area contributed by atoms with Crippen LogP contribution < -0.4 is 0 Å². The summed E-state index contributed by atoms with van der Waals surface area (Å²) in [5.41, 5.74) is 0. The van der Waals surface area contributed by atoms with E-state index in [1.165, 1.54) is 0 Å². The molecular weight excluding hydrogens is 342 g/mol. The van der Waals surface area contributed by atoms with E-state index >= 15 is 0 Å². The van der Waals surface area contributed by atoms with E-state index in [9.17, 15) is 13.9 Å². The Bertz CT molecular complexity index is 465. The van der Waals surface area contributed by atoms with Crippen molar-refractivity contribution < 1.29 is 28.1 Å². The molecule has 3 rings (SSSR count). The average Bonchev–Trinajstić information content (AvgIpc) is 3.10. The van der Waals surface area contributed by atoms with Gasteiger partial charge in [-0.2, -0.15) is 0 Å². The third-order valence-corrected chi connectivity index (χ3v) is 5.81. The first-order valence-corrected chi connectivity index (χ1v) is 10.2. The van der Waals surface area contributed by atoms with Gasteiger partial charge in [-0.15, -0.1) is 0 Å². The first kappa shape index (κ1) is 20.2. The van der Waals surface area contributed by atoms with Crippen LogP contribution in [0.25, 0.3) is 0 Å². The number of fused-ring (bicyclic) bond motifs is 1. The fraction of sp³-hybridized carbons (Fsp3) is 0.900. The lowest BCUT2D eigenvalue weighted by atomic mass is 9.90. The molecule has 0 spiro atoms. The Balaban J connectivity index is 1.63. The zero-order valence-electron chi connectivity index (χ0n) is 15.6. The van der Waals surface area contributed by atoms with E-state index in [2.05, 4.69) is 0 Å². The van der Waals surface area contributed by atoms with Crippen molar-refractivity contribution >= 4 is 0 Å². The minimum atomic E-state index is -2.79. The van der Waals surface area contributed by atoms with Crippen LogP contribution in [0.3, 0.4) is 0 Å². The number of allylic oxidation sites excluding steroid dienone is 1. The summed E-state index contributed by atoms with van der Waals surface area (Å²) in [5, 5.41) is 9.77. The lowest BCUT2D eigenvalue weighted by Gasteiger charge is -2.29. The predicted molar refractivity (Wildman–Crippen MR) is 93.8 cm³/mol. The molecule has 2 unspecified atom stereocenters. The molecule has 150 valence electrons. The molecule has 3 fully saturated rings. The van der Waals surface area contributed by atoms with Gasteiger partial charge in [-0.05, 0) is 37.7 Å². The number of hydrogen-bond acceptors (Lipinski definition) is 4. The number of aliphatic hydroxyl groups excluding tert-OH is 1. The second kappa shape index (κ2) is 9.09. The van der Waals surface area contributed by atoms with Gasteiger partial charge in [0.15, 0.2) is 12.6 Å². The van der Waals surface area contributed by atoms with Crippen LogP contribution in [0.15, 0.2) is 12.2 Å². The lowest BCUT2D eigenvalue weighted by Crippen LogP contribution is -2.31. The molecule has 2 aliphatic heterocycles. The van der Waals surface area contributed by atoms with Crippen molar-refractivity contribution in [1.29, 1.82) is 0 Å². The largest absolute Gasteiger partial charge is 0.368 e. The molecule has 0 aromatic rings. The van der Waals surface area contributed by atoms with Crippen molar-refractivity contribution in [1.82, 2.24) is 0 Å². The molecule has 1 N–H and O–H groups in total. The quantitative estimate of drug-likeness (QED) is 0.505. The second-order valence-electron chi connectivity index (χ2n) is 7.89. The topological polar surface area (TPSA) is 47.9 Å². The van der Waals surface area contributed by atoms with Gasteiger partial charge in [0, 0.05) is 31.8 Å². The van der Waals surface area contributed by atoms with Crippen LogP contribution in [0.4, 0.5) is 8.78 Å². The molecule has 2 heterocycles. The van der Waals surface area contributed by atoms with Gasteiger partial charge < -0.3 is 19.3 Å². The van der Waals surface area contributed by atoms with Crippen molar-refractivity contribution in [3.05, 3.63) is 12.2 Å². The molecule has 6 heteroatoms. The maximum atomic E-state index is 14.2. The third-order valence-electron chi connectivity index (χ3n) is 5.81. The molecule has 0 radical (unpaired) electrons. The zero-order valence-corrected chi connectivity index (χ0v) is 15.6. The molecule has 2 saturated heterocycles. The van der Waals surface area contributed by atoms with Crippen LogP contribution in [0.1, 0.15) is 64.7 Å². The highest BCUT2D eigenvalue weighted by molar-refractivity contribution is 5.08. The van der Waals surface area contributed by atoms with Gasteiger partial charge in [0.25, 0.3) is 5.92 Å². The van der Waals surface area contributed by atoms with E-state index in [1.807, 2.05) is 6.92 Å². The number of ether oxygens (including phenoxy) is 3. The number of hydrogen-bond donors (Lipinski definition) is 1. The minimum absolute atomic E-state index is 0.0290. The summed E-state index contributed by atoms with van der Waals surface area (Å²) in [6, 6.07) is 0. The SMILES string of the molecule is CCCCCC(F)(F)C=C[C@@H]1[C@H]2CC(O)O[C@H]2C[C@H]1OC1CCCCO1. The van der Waals surface area contributed by atoms with Crippen LogP contribution in [-0.2, 0) is 14.2 Å². The highest BCUT2D eigenvalue weighted by Gasteiger charge is 2.49. The van der Waals surface area contributed by atoms with Crippen molar-refractivity contribution in [3.63, 3.8) is 0 Å². The van der Waals surface area contributed by atoms with Gasteiger partial charge in [0.05, 0.1) is 12.2 Å². The molecule has 0 aromatic heterocycles. The Labute approximate surface area is 154 Å². The molecule has 1 aliphatic carbocycles. The molecule has 6 atom stereocenters. The van der Waals surface area contributed by atoms with Gasteiger partial charge in [0.1, 0.15) is 0 Å². The van der Waals surface area contributed by atoms with Gasteiger partial charge in [-0.3, -0.25) is 0 Å². The summed E-state index contributed by atoms with van der Waals surface area (Å²) in [6.45, 7) is 2.70. The van der Waals surface area contributed by atoms with Gasteiger partial charge in [0.2, 0.25) is 0 Å². The minimum Gasteiger partial charge on any atom is -0.368 e. The summed E-state index contributed by atoms with van der Waals surface area (Å²) in [4.78, 5) is 0. The number of rotatable bonds is 8. The standard InChI is InChI=1S/C20H32F2O4/c1-2-3-5-9-20(21,22)10-8-14-15-12-18(23)25-17(15)13-16(14)26-19-7-4-6-11-24-19/h8,10,14-19,23H,2-7,9,11-13H2,1H3/t14-,15-,16-,17+,18?,19?/m1/s1. The van der Waals surface area contributed by atoms with Crippen LogP contribution in [0, 0.1) is 11.8 Å². The molecule has 1 saturated carbocycles. The number of alkyl halides is 2. The van der Waals surface area contributed by atoms with Crippen molar-refractivity contribution in [2.24, 2.45) is 11.8 Å². The molecule has 3 aliphatic rings. The number of unbranched alkanes of at least 4 members (excludes halogenated alkanes) is 2. The summed E-state index contributed by atoms with van der Waals surface area (Å²) in [7, 11) is 0. The fourth-order valence-electron chi connectivity index (χ4n) is 4.41. The summed E-state index contributed by atoms with van der Waals surface area (Å²) >= 11 is 0. The summed E-state index contributed by atoms with van der Waals surface area (Å²) < 4.78 is 45.7. The maximum Gasteiger partial charge on any atom is 0.266 e. The Kier molecular flexibility index (Phi) is 7.05. The third kappa shape index (κ3) is 5.24. The van der Waals surface area contributed by atoms with Gasteiger partial charge in [-0.1, -0.05) is 25.8 Å². The Morgan fingerprint density at radius 3 is 2.81 bits per heavy atom. The van der Waals surface area contributed by atoms with E-state index in [4.69, 9.17) is 14.2 Å². The highest BCUT2D eigenvalue weighted by atomic mass is 19.3. The van der Waals surface area contributed by atoms with Crippen LogP contribution in [0.5, 0.6) is 0 Å². The van der Waals surface area contributed by atoms with Crippen LogP contribution >= 0.6 is 0 Å². The summed E-state index contributed by atoms with van der Waals surface area (Å²) in [5.74, 6) is -2.93. The Morgan fingerprint density at radius 2 is 2.08 bits per heavy atom. The van der Waals surface area contributed by atoms with Gasteiger partial charge in [-0.25, -0.2) is 8.78 Å². The molecule has 0 bridgehead atoms. The first-order chi connectivity index (χ1) is 12.5. The summed E-state index contributed by atoms with van der Waals surface area (Å²) in [6.07, 6.45) is 7.53.